The number of aliphatic hydroxyl groups is 3. The quantitative estimate of drug-likeness (QED) is 0.0462. The average Bonchev–Trinajstić information content (AvgIpc) is 2.99. The van der Waals surface area contributed by atoms with Crippen molar-refractivity contribution in [1.82, 2.24) is 5.32 Å². The molecule has 0 fully saturated rings. The molecule has 3 unspecified atom stereocenters. The van der Waals surface area contributed by atoms with Crippen LogP contribution in [0, 0.1) is 0 Å². The van der Waals surface area contributed by atoms with Gasteiger partial charge in [0.25, 0.3) is 0 Å². The number of unbranched alkanes of at least 4 members (excludes halogenated alkanes) is 22. The van der Waals surface area contributed by atoms with Crippen molar-refractivity contribution in [3.8, 4) is 0 Å². The van der Waals surface area contributed by atoms with Gasteiger partial charge >= 0.3 is 0 Å². The predicted octanol–water partition coefficient (Wildman–Crippen LogP) is 9.48. The summed E-state index contributed by atoms with van der Waals surface area (Å²) in [6.45, 7) is 4.14. The van der Waals surface area contributed by atoms with Gasteiger partial charge in [-0.1, -0.05) is 160 Å². The molecular weight excluding hydrogens is 522 g/mol. The molecule has 5 heteroatoms. The van der Waals surface area contributed by atoms with Crippen molar-refractivity contribution in [3.05, 3.63) is 24.3 Å². The molecule has 0 aromatic rings. The summed E-state index contributed by atoms with van der Waals surface area (Å²) in [5.74, 6) is -0.521. The lowest BCUT2D eigenvalue weighted by Crippen LogP contribution is -2.48. The molecule has 0 aliphatic carbocycles. The van der Waals surface area contributed by atoms with Crippen molar-refractivity contribution < 1.29 is 20.1 Å². The largest absolute Gasteiger partial charge is 0.394 e. The highest BCUT2D eigenvalue weighted by Gasteiger charge is 2.22. The molecular formula is C37H71NO4. The van der Waals surface area contributed by atoms with Gasteiger partial charge in [-0.25, -0.2) is 0 Å². The third-order valence-corrected chi connectivity index (χ3v) is 8.29. The van der Waals surface area contributed by atoms with E-state index in [-0.39, 0.29) is 6.61 Å². The number of carbonyl (C=O) groups is 1. The Labute approximate surface area is 261 Å². The lowest BCUT2D eigenvalue weighted by Gasteiger charge is -2.21. The summed E-state index contributed by atoms with van der Waals surface area (Å²) in [5, 5.41) is 32.9. The van der Waals surface area contributed by atoms with Crippen molar-refractivity contribution in [2.45, 2.75) is 199 Å². The first-order valence-corrected chi connectivity index (χ1v) is 18.2. The second-order valence-corrected chi connectivity index (χ2v) is 12.4. The van der Waals surface area contributed by atoms with E-state index in [4.69, 9.17) is 0 Å². The van der Waals surface area contributed by atoms with Gasteiger partial charge in [0.05, 0.1) is 18.8 Å². The van der Waals surface area contributed by atoms with E-state index in [0.29, 0.717) is 6.42 Å². The molecule has 3 atom stereocenters. The number of nitrogens with one attached hydrogen (secondary N) is 1. The number of rotatable bonds is 32. The third kappa shape index (κ3) is 27.7. The van der Waals surface area contributed by atoms with Crippen LogP contribution in [0.25, 0.3) is 0 Å². The second kappa shape index (κ2) is 32.7. The Kier molecular flexibility index (Phi) is 31.8. The van der Waals surface area contributed by atoms with Crippen molar-refractivity contribution in [1.29, 1.82) is 0 Å². The maximum absolute atomic E-state index is 12.4. The van der Waals surface area contributed by atoms with Gasteiger partial charge < -0.3 is 20.6 Å². The van der Waals surface area contributed by atoms with Crippen molar-refractivity contribution >= 4 is 5.91 Å². The fraction of sp³-hybridized carbons (Fsp3) is 0.865. The van der Waals surface area contributed by atoms with E-state index in [1.54, 1.807) is 6.08 Å². The molecule has 4 N–H and O–H groups in total. The minimum atomic E-state index is -1.11. The molecule has 0 bridgehead atoms. The lowest BCUT2D eigenvalue weighted by atomic mass is 10.0. The van der Waals surface area contributed by atoms with Gasteiger partial charge in [-0.05, 0) is 44.9 Å². The highest BCUT2D eigenvalue weighted by molar-refractivity contribution is 5.80. The molecule has 0 saturated heterocycles. The molecule has 1 amide bonds. The predicted molar refractivity (Wildman–Crippen MR) is 181 cm³/mol. The van der Waals surface area contributed by atoms with E-state index in [0.717, 1.165) is 38.5 Å². The second-order valence-electron chi connectivity index (χ2n) is 12.4. The summed E-state index contributed by atoms with van der Waals surface area (Å²) < 4.78 is 0. The number of carbonyl (C=O) groups excluding carboxylic acids is 1. The first kappa shape index (κ1) is 40.8. The average molecular weight is 594 g/mol. The van der Waals surface area contributed by atoms with E-state index < -0.39 is 24.2 Å². The van der Waals surface area contributed by atoms with Crippen molar-refractivity contribution in [2.75, 3.05) is 6.61 Å². The van der Waals surface area contributed by atoms with E-state index in [1.807, 2.05) is 6.08 Å². The van der Waals surface area contributed by atoms with E-state index in [1.165, 1.54) is 122 Å². The van der Waals surface area contributed by atoms with Crippen LogP contribution in [0.1, 0.15) is 181 Å². The maximum Gasteiger partial charge on any atom is 0.249 e. The summed E-state index contributed by atoms with van der Waals surface area (Å²) in [5.41, 5.74) is 0. The Morgan fingerprint density at radius 1 is 0.571 bits per heavy atom. The van der Waals surface area contributed by atoms with Crippen molar-refractivity contribution in [2.24, 2.45) is 0 Å². The smallest absolute Gasteiger partial charge is 0.249 e. The monoisotopic (exact) mass is 594 g/mol. The minimum Gasteiger partial charge on any atom is -0.394 e. The van der Waals surface area contributed by atoms with Crippen LogP contribution in [0.4, 0.5) is 0 Å². The van der Waals surface area contributed by atoms with Crippen LogP contribution in [0.5, 0.6) is 0 Å². The summed E-state index contributed by atoms with van der Waals surface area (Å²) in [6.07, 6.45) is 37.6. The number of aliphatic hydroxyl groups excluding tert-OH is 3. The first-order valence-electron chi connectivity index (χ1n) is 18.2. The topological polar surface area (TPSA) is 89.8 Å². The Morgan fingerprint density at radius 3 is 1.38 bits per heavy atom. The molecule has 0 saturated carbocycles. The maximum atomic E-state index is 12.4. The Bertz CT molecular complexity index is 621. The standard InChI is InChI=1S/C37H71NO4/c1-3-5-7-9-11-13-15-17-18-19-20-22-23-25-27-29-31-35(40)34(33-39)38-37(42)36(41)32-30-28-26-24-21-16-14-12-10-8-6-4-2/h21,24,29,31,34-36,39-41H,3-20,22-23,25-28,30,32-33H2,1-2H3,(H,38,42)/b24-21-,31-29+. The molecule has 5 nitrogen and oxygen atoms in total. The van der Waals surface area contributed by atoms with Gasteiger partial charge in [-0.15, -0.1) is 0 Å². The van der Waals surface area contributed by atoms with E-state index in [9.17, 15) is 20.1 Å². The fourth-order valence-corrected chi connectivity index (χ4v) is 5.35. The lowest BCUT2D eigenvalue weighted by molar-refractivity contribution is -0.131. The van der Waals surface area contributed by atoms with Gasteiger partial charge in [0.2, 0.25) is 5.91 Å². The molecule has 0 aromatic carbocycles. The summed E-state index contributed by atoms with van der Waals surface area (Å²) in [4.78, 5) is 12.4. The molecule has 0 radical (unpaired) electrons. The van der Waals surface area contributed by atoms with Gasteiger partial charge in [-0.2, -0.15) is 0 Å². The van der Waals surface area contributed by atoms with Crippen LogP contribution < -0.4 is 5.32 Å². The number of amides is 1. The number of hydrogen-bond donors (Lipinski definition) is 4. The number of allylic oxidation sites excluding steroid dienone is 3. The van der Waals surface area contributed by atoms with E-state index in [2.05, 4.69) is 31.3 Å². The van der Waals surface area contributed by atoms with Gasteiger partial charge in [0, 0.05) is 0 Å². The molecule has 42 heavy (non-hydrogen) atoms. The molecule has 248 valence electrons. The molecule has 0 spiro atoms. The van der Waals surface area contributed by atoms with Crippen LogP contribution >= 0.6 is 0 Å². The Morgan fingerprint density at radius 2 is 0.952 bits per heavy atom. The van der Waals surface area contributed by atoms with Gasteiger partial charge in [0.1, 0.15) is 6.10 Å². The van der Waals surface area contributed by atoms with Crippen LogP contribution in [0.3, 0.4) is 0 Å². The van der Waals surface area contributed by atoms with Crippen molar-refractivity contribution in [3.63, 3.8) is 0 Å². The molecule has 0 heterocycles. The normalized spacial score (nSPS) is 14.1. The first-order chi connectivity index (χ1) is 20.6. The zero-order valence-corrected chi connectivity index (χ0v) is 27.9. The zero-order valence-electron chi connectivity index (χ0n) is 27.9. The van der Waals surface area contributed by atoms with Gasteiger partial charge in [-0.3, -0.25) is 4.79 Å². The summed E-state index contributed by atoms with van der Waals surface area (Å²) >= 11 is 0. The highest BCUT2D eigenvalue weighted by atomic mass is 16.3. The number of hydrogen-bond acceptors (Lipinski definition) is 4. The van der Waals surface area contributed by atoms with Crippen LogP contribution in [0.15, 0.2) is 24.3 Å². The molecule has 0 aliphatic heterocycles. The Hall–Kier alpha value is -1.17. The van der Waals surface area contributed by atoms with E-state index >= 15 is 0 Å². The van der Waals surface area contributed by atoms with Crippen LogP contribution in [-0.4, -0.2) is 46.1 Å². The summed E-state index contributed by atoms with van der Waals surface area (Å²) in [7, 11) is 0. The zero-order chi connectivity index (χ0) is 30.9. The SMILES string of the molecule is CCCCCCCC/C=C\CCCCC(O)C(=O)NC(CO)C(O)/C=C/CCCCCCCCCCCCCCCC. The Balaban J connectivity index is 3.78. The minimum absolute atomic E-state index is 0.369. The molecule has 0 aromatic heterocycles. The van der Waals surface area contributed by atoms with Crippen LogP contribution in [0.2, 0.25) is 0 Å². The van der Waals surface area contributed by atoms with Gasteiger partial charge in [0.15, 0.2) is 0 Å². The third-order valence-electron chi connectivity index (χ3n) is 8.29. The molecule has 0 rings (SSSR count). The molecule has 0 aliphatic rings. The fourth-order valence-electron chi connectivity index (χ4n) is 5.35. The summed E-state index contributed by atoms with van der Waals surface area (Å²) in [6, 6.07) is -0.801. The highest BCUT2D eigenvalue weighted by Crippen LogP contribution is 2.14. The van der Waals surface area contributed by atoms with Crippen LogP contribution in [-0.2, 0) is 4.79 Å².